The van der Waals surface area contributed by atoms with E-state index in [0.717, 1.165) is 16.8 Å². The molecule has 0 spiro atoms. The number of hydrazine groups is 1. The predicted molar refractivity (Wildman–Crippen MR) is 103 cm³/mol. The molecule has 146 valence electrons. The Kier molecular flexibility index (Phi) is 5.78. The van der Waals surface area contributed by atoms with Gasteiger partial charge in [-0.15, -0.1) is 16.8 Å². The highest BCUT2D eigenvalue weighted by Gasteiger charge is 2.52. The topological polar surface area (TPSA) is 109 Å². The summed E-state index contributed by atoms with van der Waals surface area (Å²) in [5.74, 6) is -1.04. The van der Waals surface area contributed by atoms with Crippen LogP contribution in [0.3, 0.4) is 0 Å². The fraction of sp³-hybridized carbons (Fsp3) is 0.278. The van der Waals surface area contributed by atoms with Gasteiger partial charge in [0.05, 0.1) is 5.75 Å². The number of rotatable bonds is 8. The van der Waals surface area contributed by atoms with Crippen LogP contribution < -0.4 is 10.7 Å². The van der Waals surface area contributed by atoms with Crippen molar-refractivity contribution < 1.29 is 14.4 Å². The third-order valence-electron chi connectivity index (χ3n) is 4.36. The third kappa shape index (κ3) is 3.63. The molecule has 0 unspecified atom stereocenters. The Morgan fingerprint density at radius 3 is 2.79 bits per heavy atom. The molecule has 0 radical (unpaired) electrons. The molecular weight excluding hydrogens is 380 g/mol. The average molecular weight is 400 g/mol. The molecule has 1 saturated heterocycles. The zero-order valence-corrected chi connectivity index (χ0v) is 16.1. The van der Waals surface area contributed by atoms with Crippen LogP contribution >= 0.6 is 11.8 Å². The Hall–Kier alpha value is -3.14. The largest absolute Gasteiger partial charge is 0.344 e. The summed E-state index contributed by atoms with van der Waals surface area (Å²) in [6, 6.07) is 8.30. The van der Waals surface area contributed by atoms with Crippen molar-refractivity contribution in [1.82, 2.24) is 30.5 Å². The quantitative estimate of drug-likeness (QED) is 0.394. The SMILES string of the molecule is C=CCn1cnnc1SCC(=O)NN1C(=O)N[C@](CC)(c2ccccc2)C1=O. The van der Waals surface area contributed by atoms with Gasteiger partial charge in [-0.1, -0.05) is 55.1 Å². The van der Waals surface area contributed by atoms with Crippen molar-refractivity contribution in [2.75, 3.05) is 5.75 Å². The number of nitrogens with zero attached hydrogens (tertiary/aromatic N) is 4. The second-order valence-electron chi connectivity index (χ2n) is 6.07. The highest BCUT2D eigenvalue weighted by molar-refractivity contribution is 7.99. The lowest BCUT2D eigenvalue weighted by Gasteiger charge is -2.25. The molecule has 10 heteroatoms. The fourth-order valence-corrected chi connectivity index (χ4v) is 3.66. The minimum Gasteiger partial charge on any atom is -0.318 e. The minimum absolute atomic E-state index is 0.0304. The second kappa shape index (κ2) is 8.26. The summed E-state index contributed by atoms with van der Waals surface area (Å²) >= 11 is 1.15. The summed E-state index contributed by atoms with van der Waals surface area (Å²) in [7, 11) is 0. The van der Waals surface area contributed by atoms with Gasteiger partial charge in [0.2, 0.25) is 5.91 Å². The van der Waals surface area contributed by atoms with Gasteiger partial charge in [0.15, 0.2) is 5.16 Å². The zero-order chi connectivity index (χ0) is 20.1. The maximum absolute atomic E-state index is 13.0. The molecule has 4 amide bonds. The van der Waals surface area contributed by atoms with E-state index < -0.39 is 23.4 Å². The van der Waals surface area contributed by atoms with E-state index in [4.69, 9.17) is 0 Å². The van der Waals surface area contributed by atoms with Crippen LogP contribution in [0, 0.1) is 0 Å². The first-order valence-electron chi connectivity index (χ1n) is 8.65. The maximum Gasteiger partial charge on any atom is 0.344 e. The maximum atomic E-state index is 13.0. The van der Waals surface area contributed by atoms with E-state index >= 15 is 0 Å². The molecule has 0 saturated carbocycles. The van der Waals surface area contributed by atoms with Crippen molar-refractivity contribution in [3.8, 4) is 0 Å². The molecular formula is C18H20N6O3S. The Morgan fingerprint density at radius 1 is 1.36 bits per heavy atom. The van der Waals surface area contributed by atoms with Gasteiger partial charge < -0.3 is 9.88 Å². The first-order valence-corrected chi connectivity index (χ1v) is 9.63. The van der Waals surface area contributed by atoms with Crippen LogP contribution in [0.5, 0.6) is 0 Å². The second-order valence-corrected chi connectivity index (χ2v) is 7.02. The van der Waals surface area contributed by atoms with Gasteiger partial charge in [-0.05, 0) is 12.0 Å². The highest BCUT2D eigenvalue weighted by atomic mass is 32.2. The molecule has 1 fully saturated rings. The number of carbonyl (C=O) groups excluding carboxylic acids is 3. The van der Waals surface area contributed by atoms with Crippen LogP contribution in [0.4, 0.5) is 4.79 Å². The van der Waals surface area contributed by atoms with E-state index in [-0.39, 0.29) is 5.75 Å². The summed E-state index contributed by atoms with van der Waals surface area (Å²) in [5, 5.41) is 11.7. The van der Waals surface area contributed by atoms with Crippen molar-refractivity contribution in [3.63, 3.8) is 0 Å². The van der Waals surface area contributed by atoms with Crippen LogP contribution in [0.1, 0.15) is 18.9 Å². The predicted octanol–water partition coefficient (Wildman–Crippen LogP) is 1.44. The lowest BCUT2D eigenvalue weighted by Crippen LogP contribution is -2.49. The lowest BCUT2D eigenvalue weighted by molar-refractivity contribution is -0.138. The zero-order valence-electron chi connectivity index (χ0n) is 15.3. The van der Waals surface area contributed by atoms with Gasteiger partial charge in [0, 0.05) is 6.54 Å². The molecule has 2 N–H and O–H groups in total. The van der Waals surface area contributed by atoms with E-state index in [1.54, 1.807) is 41.8 Å². The number of imide groups is 1. The number of urea groups is 1. The number of benzene rings is 1. The van der Waals surface area contributed by atoms with Gasteiger partial charge >= 0.3 is 6.03 Å². The molecule has 0 bridgehead atoms. The van der Waals surface area contributed by atoms with E-state index in [1.807, 2.05) is 6.07 Å². The van der Waals surface area contributed by atoms with E-state index in [1.165, 1.54) is 6.33 Å². The highest BCUT2D eigenvalue weighted by Crippen LogP contribution is 2.31. The number of aromatic nitrogens is 3. The van der Waals surface area contributed by atoms with Crippen LogP contribution in [0.15, 0.2) is 54.5 Å². The summed E-state index contributed by atoms with van der Waals surface area (Å²) in [6.45, 7) is 5.97. The van der Waals surface area contributed by atoms with E-state index in [9.17, 15) is 14.4 Å². The molecule has 1 aromatic carbocycles. The van der Waals surface area contributed by atoms with Crippen LogP contribution in [-0.4, -0.2) is 43.4 Å². The average Bonchev–Trinajstić information content (AvgIpc) is 3.25. The van der Waals surface area contributed by atoms with Crippen molar-refractivity contribution in [2.45, 2.75) is 30.6 Å². The van der Waals surface area contributed by atoms with Gasteiger partial charge in [0.25, 0.3) is 5.91 Å². The number of hydrogen-bond donors (Lipinski definition) is 2. The van der Waals surface area contributed by atoms with Gasteiger partial charge in [-0.3, -0.25) is 15.0 Å². The van der Waals surface area contributed by atoms with E-state index in [0.29, 0.717) is 23.7 Å². The molecule has 1 aliphatic heterocycles. The third-order valence-corrected chi connectivity index (χ3v) is 5.34. The van der Waals surface area contributed by atoms with Crippen molar-refractivity contribution in [3.05, 3.63) is 54.9 Å². The number of allylic oxidation sites excluding steroid dienone is 1. The van der Waals surface area contributed by atoms with Crippen molar-refractivity contribution in [2.24, 2.45) is 0 Å². The van der Waals surface area contributed by atoms with Crippen LogP contribution in [0.2, 0.25) is 0 Å². The lowest BCUT2D eigenvalue weighted by atomic mass is 9.87. The molecule has 3 rings (SSSR count). The molecule has 9 nitrogen and oxygen atoms in total. The Morgan fingerprint density at radius 2 is 2.11 bits per heavy atom. The number of thioether (sulfide) groups is 1. The summed E-state index contributed by atoms with van der Waals surface area (Å²) < 4.78 is 1.73. The Balaban J connectivity index is 1.68. The molecule has 1 atom stereocenters. The van der Waals surface area contributed by atoms with Crippen molar-refractivity contribution in [1.29, 1.82) is 0 Å². The van der Waals surface area contributed by atoms with Crippen LogP contribution in [-0.2, 0) is 21.7 Å². The van der Waals surface area contributed by atoms with Gasteiger partial charge in [-0.25, -0.2) is 4.79 Å². The smallest absolute Gasteiger partial charge is 0.318 e. The van der Waals surface area contributed by atoms with Gasteiger partial charge in [-0.2, -0.15) is 5.01 Å². The van der Waals surface area contributed by atoms with Crippen LogP contribution in [0.25, 0.3) is 0 Å². The van der Waals surface area contributed by atoms with E-state index in [2.05, 4.69) is 27.5 Å². The molecule has 28 heavy (non-hydrogen) atoms. The molecule has 0 aliphatic carbocycles. The summed E-state index contributed by atoms with van der Waals surface area (Å²) in [6.07, 6.45) is 3.58. The number of hydrogen-bond acceptors (Lipinski definition) is 6. The summed E-state index contributed by atoms with van der Waals surface area (Å²) in [5.41, 5.74) is 1.86. The Bertz CT molecular complexity index is 900. The monoisotopic (exact) mass is 400 g/mol. The summed E-state index contributed by atoms with van der Waals surface area (Å²) in [4.78, 5) is 37.6. The number of carbonyl (C=O) groups is 3. The minimum atomic E-state index is -1.19. The first kappa shape index (κ1) is 19.6. The number of amides is 4. The molecule has 1 aliphatic rings. The molecule has 2 aromatic rings. The normalized spacial score (nSPS) is 18.8. The molecule has 1 aromatic heterocycles. The standard InChI is InChI=1S/C18H20N6O3S/c1-3-10-23-12-19-21-17(23)28-11-14(25)22-24-15(26)18(4-2,20-16(24)27)13-8-6-5-7-9-13/h3,5-9,12H,1,4,10-11H2,2H3,(H,20,27)(H,22,25)/t18-/m1/s1. The first-order chi connectivity index (χ1) is 13.5. The molecule has 2 heterocycles. The Labute approximate surface area is 166 Å². The number of nitrogens with one attached hydrogen (secondary N) is 2. The fourth-order valence-electron chi connectivity index (χ4n) is 2.95. The van der Waals surface area contributed by atoms with Crippen molar-refractivity contribution >= 4 is 29.6 Å². The van der Waals surface area contributed by atoms with Gasteiger partial charge in [0.1, 0.15) is 11.9 Å².